The third kappa shape index (κ3) is 3.31. The number of aromatic nitrogens is 3. The predicted molar refractivity (Wildman–Crippen MR) is 99.7 cm³/mol. The Morgan fingerprint density at radius 3 is 2.41 bits per heavy atom. The molecule has 0 saturated heterocycles. The molecule has 2 aromatic heterocycles. The van der Waals surface area contributed by atoms with Gasteiger partial charge in [-0.05, 0) is 35.9 Å². The molecular weight excluding hydrogens is 372 g/mol. The van der Waals surface area contributed by atoms with Crippen LogP contribution in [-0.4, -0.2) is 14.8 Å². The molecule has 7 heteroatoms. The van der Waals surface area contributed by atoms with E-state index in [9.17, 15) is 13.6 Å². The minimum absolute atomic E-state index is 0.0605. The lowest BCUT2D eigenvalue weighted by atomic mass is 10.1. The minimum Gasteiger partial charge on any atom is -0.267 e. The van der Waals surface area contributed by atoms with Crippen LogP contribution in [0.3, 0.4) is 0 Å². The van der Waals surface area contributed by atoms with Crippen LogP contribution in [0.4, 0.5) is 8.78 Å². The molecule has 4 aromatic rings. The zero-order valence-corrected chi connectivity index (χ0v) is 14.5. The monoisotopic (exact) mass is 384 g/mol. The van der Waals surface area contributed by atoms with Crippen molar-refractivity contribution in [3.8, 4) is 11.3 Å². The Bertz CT molecular complexity index is 1240. The SMILES string of the molecule is [2H]C(c1ccc(Cl)cc1)n1nc(-c2ccc(F)nc2F)c2ccccc2c1=O. The van der Waals surface area contributed by atoms with Gasteiger partial charge in [-0.15, -0.1) is 0 Å². The molecular formula is C20H12ClF2N3O. The van der Waals surface area contributed by atoms with E-state index in [1.165, 1.54) is 6.07 Å². The van der Waals surface area contributed by atoms with Crippen molar-refractivity contribution in [3.05, 3.63) is 93.5 Å². The zero-order chi connectivity index (χ0) is 19.8. The number of rotatable bonds is 3. The van der Waals surface area contributed by atoms with Crippen LogP contribution in [0.25, 0.3) is 22.0 Å². The Balaban J connectivity index is 1.99. The molecule has 0 N–H and O–H groups in total. The second-order valence-electron chi connectivity index (χ2n) is 5.80. The number of hydrogen-bond donors (Lipinski definition) is 0. The fourth-order valence-electron chi connectivity index (χ4n) is 2.77. The molecule has 1 unspecified atom stereocenters. The van der Waals surface area contributed by atoms with Crippen LogP contribution in [0, 0.1) is 11.9 Å². The predicted octanol–water partition coefficient (Wildman–Crippen LogP) is 4.44. The molecule has 0 spiro atoms. The van der Waals surface area contributed by atoms with Gasteiger partial charge in [0.15, 0.2) is 0 Å². The third-order valence-corrected chi connectivity index (χ3v) is 4.29. The average molecular weight is 385 g/mol. The van der Waals surface area contributed by atoms with Crippen molar-refractivity contribution in [2.24, 2.45) is 0 Å². The maximum atomic E-state index is 14.3. The van der Waals surface area contributed by atoms with E-state index in [0.717, 1.165) is 10.7 Å². The summed E-state index contributed by atoms with van der Waals surface area (Å²) in [4.78, 5) is 16.1. The van der Waals surface area contributed by atoms with Crippen molar-refractivity contribution >= 4 is 22.4 Å². The van der Waals surface area contributed by atoms with E-state index in [2.05, 4.69) is 10.1 Å². The van der Waals surface area contributed by atoms with Gasteiger partial charge in [-0.25, -0.2) is 4.68 Å². The van der Waals surface area contributed by atoms with E-state index < -0.39 is 24.0 Å². The number of hydrogen-bond acceptors (Lipinski definition) is 3. The average Bonchev–Trinajstić information content (AvgIpc) is 2.69. The van der Waals surface area contributed by atoms with Crippen LogP contribution in [0.5, 0.6) is 0 Å². The molecule has 0 aliphatic carbocycles. The van der Waals surface area contributed by atoms with Crippen LogP contribution in [0.15, 0.2) is 65.5 Å². The number of halogens is 3. The Morgan fingerprint density at radius 1 is 1.00 bits per heavy atom. The topological polar surface area (TPSA) is 47.8 Å². The molecule has 0 amide bonds. The summed E-state index contributed by atoms with van der Waals surface area (Å²) in [6.07, 6.45) is 0. The van der Waals surface area contributed by atoms with Gasteiger partial charge >= 0.3 is 0 Å². The quantitative estimate of drug-likeness (QED) is 0.491. The zero-order valence-electron chi connectivity index (χ0n) is 14.7. The van der Waals surface area contributed by atoms with E-state index in [-0.39, 0.29) is 16.6 Å². The molecule has 4 rings (SSSR count). The highest BCUT2D eigenvalue weighted by atomic mass is 35.5. The lowest BCUT2D eigenvalue weighted by Gasteiger charge is -2.12. The standard InChI is InChI=1S/C20H12ClF2N3O/c21-13-7-5-12(6-8-13)11-26-20(27)15-4-2-1-3-14(15)18(25-26)16-9-10-17(22)24-19(16)23/h1-10H,11H2/i11D. The fourth-order valence-corrected chi connectivity index (χ4v) is 2.90. The number of nitrogens with zero attached hydrogens (tertiary/aromatic N) is 3. The van der Waals surface area contributed by atoms with Crippen LogP contribution in [0.1, 0.15) is 6.93 Å². The lowest BCUT2D eigenvalue weighted by molar-refractivity contribution is 0.514. The summed E-state index contributed by atoms with van der Waals surface area (Å²) in [6, 6.07) is 15.2. The van der Waals surface area contributed by atoms with Crippen molar-refractivity contribution in [3.63, 3.8) is 0 Å². The molecule has 2 aromatic carbocycles. The first-order valence-corrected chi connectivity index (χ1v) is 8.35. The van der Waals surface area contributed by atoms with Crippen molar-refractivity contribution in [1.29, 1.82) is 0 Å². The third-order valence-electron chi connectivity index (χ3n) is 4.04. The summed E-state index contributed by atoms with van der Waals surface area (Å²) in [5.74, 6) is -2.01. The fraction of sp³-hybridized carbons (Fsp3) is 0.0500. The van der Waals surface area contributed by atoms with Gasteiger partial charge in [0.1, 0.15) is 5.69 Å². The molecule has 0 aliphatic heterocycles. The molecule has 27 heavy (non-hydrogen) atoms. The highest BCUT2D eigenvalue weighted by molar-refractivity contribution is 6.30. The van der Waals surface area contributed by atoms with Gasteiger partial charge in [-0.2, -0.15) is 18.9 Å². The van der Waals surface area contributed by atoms with Gasteiger partial charge < -0.3 is 0 Å². The molecule has 0 saturated carbocycles. The second kappa shape index (κ2) is 6.89. The van der Waals surface area contributed by atoms with E-state index in [4.69, 9.17) is 13.0 Å². The normalized spacial score (nSPS) is 12.8. The number of benzene rings is 2. The van der Waals surface area contributed by atoms with Crippen molar-refractivity contribution in [2.75, 3.05) is 0 Å². The highest BCUT2D eigenvalue weighted by Gasteiger charge is 2.16. The van der Waals surface area contributed by atoms with Crippen molar-refractivity contribution in [2.45, 2.75) is 6.52 Å². The van der Waals surface area contributed by atoms with Crippen LogP contribution >= 0.6 is 11.6 Å². The smallest absolute Gasteiger partial charge is 0.267 e. The van der Waals surface area contributed by atoms with Crippen LogP contribution in [0.2, 0.25) is 5.02 Å². The van der Waals surface area contributed by atoms with Crippen LogP contribution < -0.4 is 5.56 Å². The molecule has 2 heterocycles. The first-order chi connectivity index (χ1) is 13.5. The summed E-state index contributed by atoms with van der Waals surface area (Å²) >= 11 is 5.88. The Hall–Kier alpha value is -3.12. The van der Waals surface area contributed by atoms with Crippen molar-refractivity contribution < 1.29 is 10.2 Å². The molecule has 0 aliphatic rings. The summed E-state index contributed by atoms with van der Waals surface area (Å²) in [7, 11) is 0. The van der Waals surface area contributed by atoms with Gasteiger partial charge in [-0.3, -0.25) is 4.79 Å². The molecule has 134 valence electrons. The van der Waals surface area contributed by atoms with Gasteiger partial charge in [0.05, 0.1) is 18.8 Å². The van der Waals surface area contributed by atoms with Crippen molar-refractivity contribution in [1.82, 2.24) is 14.8 Å². The van der Waals surface area contributed by atoms with Gasteiger partial charge in [-0.1, -0.05) is 41.9 Å². The summed E-state index contributed by atoms with van der Waals surface area (Å²) in [5, 5.41) is 5.39. The Morgan fingerprint density at radius 2 is 1.70 bits per heavy atom. The first-order valence-electron chi connectivity index (χ1n) is 8.55. The van der Waals surface area contributed by atoms with E-state index >= 15 is 0 Å². The summed E-state index contributed by atoms with van der Waals surface area (Å²) in [6.45, 7) is -1.18. The lowest BCUT2D eigenvalue weighted by Crippen LogP contribution is -2.24. The molecule has 4 nitrogen and oxygen atoms in total. The maximum Gasteiger partial charge on any atom is 0.274 e. The molecule has 1 atom stereocenters. The van der Waals surface area contributed by atoms with E-state index in [1.807, 2.05) is 0 Å². The van der Waals surface area contributed by atoms with E-state index in [0.29, 0.717) is 16.0 Å². The Labute approximate surface area is 159 Å². The summed E-state index contributed by atoms with van der Waals surface area (Å²) < 4.78 is 37.0. The van der Waals surface area contributed by atoms with Gasteiger partial charge in [0, 0.05) is 10.4 Å². The van der Waals surface area contributed by atoms with Gasteiger partial charge in [0.25, 0.3) is 5.56 Å². The number of pyridine rings is 1. The molecule has 0 fully saturated rings. The van der Waals surface area contributed by atoms with E-state index in [1.54, 1.807) is 48.5 Å². The molecule has 0 radical (unpaired) electrons. The minimum atomic E-state index is -1.18. The molecule has 0 bridgehead atoms. The van der Waals surface area contributed by atoms with Crippen LogP contribution in [-0.2, 0) is 6.52 Å². The number of fused-ring (bicyclic) bond motifs is 1. The largest absolute Gasteiger partial charge is 0.274 e. The first kappa shape index (κ1) is 16.1. The summed E-state index contributed by atoms with van der Waals surface area (Å²) in [5.41, 5.74) is 0.0313. The second-order valence-corrected chi connectivity index (χ2v) is 6.23. The Kier molecular flexibility index (Phi) is 4.10. The van der Waals surface area contributed by atoms with Gasteiger partial charge in [0.2, 0.25) is 11.9 Å². The maximum absolute atomic E-state index is 14.3. The highest BCUT2D eigenvalue weighted by Crippen LogP contribution is 2.26.